The number of carbonyl (C=O) groups excluding carboxylic acids is 1. The zero-order chi connectivity index (χ0) is 21.7. The SMILES string of the molecule is CCC(C)(C)C1CCc2nc(SCC(=O)Nc3ccc(C#N)cc3)c(C#N)cc2C1. The summed E-state index contributed by atoms with van der Waals surface area (Å²) >= 11 is 1.29. The number of aryl methyl sites for hydroxylation is 1. The lowest BCUT2D eigenvalue weighted by Gasteiger charge is -2.37. The van der Waals surface area contributed by atoms with Crippen molar-refractivity contribution in [2.24, 2.45) is 11.3 Å². The number of benzene rings is 1. The smallest absolute Gasteiger partial charge is 0.234 e. The zero-order valence-corrected chi connectivity index (χ0v) is 18.5. The van der Waals surface area contributed by atoms with Gasteiger partial charge in [-0.3, -0.25) is 4.79 Å². The highest BCUT2D eigenvalue weighted by Crippen LogP contribution is 2.40. The number of rotatable bonds is 6. The van der Waals surface area contributed by atoms with Crippen molar-refractivity contribution in [1.82, 2.24) is 4.98 Å². The number of nitrogens with zero attached hydrogens (tertiary/aromatic N) is 3. The summed E-state index contributed by atoms with van der Waals surface area (Å²) in [5.74, 6) is 0.601. The molecule has 0 saturated carbocycles. The van der Waals surface area contributed by atoms with Crippen molar-refractivity contribution in [2.45, 2.75) is 51.5 Å². The fraction of sp³-hybridized carbons (Fsp3) is 0.417. The molecule has 1 amide bonds. The van der Waals surface area contributed by atoms with Crippen LogP contribution in [-0.2, 0) is 17.6 Å². The van der Waals surface area contributed by atoms with Gasteiger partial charge in [-0.2, -0.15) is 10.5 Å². The Morgan fingerprint density at radius 1 is 1.27 bits per heavy atom. The van der Waals surface area contributed by atoms with Gasteiger partial charge in [-0.1, -0.05) is 39.0 Å². The normalized spacial score (nSPS) is 15.6. The molecule has 5 nitrogen and oxygen atoms in total. The van der Waals surface area contributed by atoms with Crippen molar-refractivity contribution in [3.05, 3.63) is 52.7 Å². The molecule has 1 atom stereocenters. The number of carbonyl (C=O) groups is 1. The Kier molecular flexibility index (Phi) is 6.80. The molecule has 0 fully saturated rings. The lowest BCUT2D eigenvalue weighted by Crippen LogP contribution is -2.29. The summed E-state index contributed by atoms with van der Waals surface area (Å²) < 4.78 is 0. The minimum atomic E-state index is -0.169. The van der Waals surface area contributed by atoms with Gasteiger partial charge in [0, 0.05) is 11.4 Å². The van der Waals surface area contributed by atoms with Crippen molar-refractivity contribution in [3.8, 4) is 12.1 Å². The molecular weight excluding hydrogens is 392 g/mol. The molecule has 1 heterocycles. The molecule has 0 saturated heterocycles. The van der Waals surface area contributed by atoms with Crippen LogP contribution >= 0.6 is 11.8 Å². The summed E-state index contributed by atoms with van der Waals surface area (Å²) in [7, 11) is 0. The van der Waals surface area contributed by atoms with E-state index in [-0.39, 0.29) is 17.1 Å². The van der Waals surface area contributed by atoms with Crippen LogP contribution in [0, 0.1) is 34.0 Å². The Hall–Kier alpha value is -2.83. The molecule has 0 bridgehead atoms. The molecule has 1 aliphatic carbocycles. The molecule has 1 N–H and O–H groups in total. The Bertz CT molecular complexity index is 1020. The van der Waals surface area contributed by atoms with E-state index in [0.29, 0.717) is 27.8 Å². The Labute approximate surface area is 182 Å². The Balaban J connectivity index is 1.67. The molecule has 1 aliphatic rings. The van der Waals surface area contributed by atoms with E-state index in [0.717, 1.165) is 31.4 Å². The number of aromatic nitrogens is 1. The maximum absolute atomic E-state index is 12.3. The highest BCUT2D eigenvalue weighted by molar-refractivity contribution is 8.00. The van der Waals surface area contributed by atoms with Crippen LogP contribution in [0.15, 0.2) is 35.4 Å². The molecule has 1 aromatic carbocycles. The van der Waals surface area contributed by atoms with E-state index in [9.17, 15) is 10.1 Å². The lowest BCUT2D eigenvalue weighted by atomic mass is 9.69. The van der Waals surface area contributed by atoms with E-state index in [2.05, 4.69) is 38.2 Å². The molecule has 1 unspecified atom stereocenters. The standard InChI is InChI=1S/C24H26N4OS/c1-4-24(2,3)19-7-10-21-17(12-19)11-18(14-26)23(28-21)30-15-22(29)27-20-8-5-16(13-25)6-9-20/h5-6,8-9,11,19H,4,7,10,12,15H2,1-3H3,(H,27,29). The van der Waals surface area contributed by atoms with Crippen LogP contribution in [0.1, 0.15) is 56.0 Å². The second-order valence-corrected chi connectivity index (χ2v) is 9.33. The predicted molar refractivity (Wildman–Crippen MR) is 119 cm³/mol. The largest absolute Gasteiger partial charge is 0.325 e. The number of nitrogens with one attached hydrogen (secondary N) is 1. The average Bonchev–Trinajstić information content (AvgIpc) is 2.77. The van der Waals surface area contributed by atoms with E-state index in [1.807, 2.05) is 6.07 Å². The summed E-state index contributed by atoms with van der Waals surface area (Å²) in [5.41, 5.74) is 4.25. The molecule has 0 radical (unpaired) electrons. The summed E-state index contributed by atoms with van der Waals surface area (Å²) in [5, 5.41) is 21.9. The van der Waals surface area contributed by atoms with Gasteiger partial charge in [-0.15, -0.1) is 0 Å². The van der Waals surface area contributed by atoms with Gasteiger partial charge in [-0.25, -0.2) is 4.98 Å². The van der Waals surface area contributed by atoms with E-state index < -0.39 is 0 Å². The van der Waals surface area contributed by atoms with Crippen molar-refractivity contribution >= 4 is 23.4 Å². The van der Waals surface area contributed by atoms with Gasteiger partial charge in [0.1, 0.15) is 11.1 Å². The van der Waals surface area contributed by atoms with Gasteiger partial charge in [-0.05, 0) is 66.5 Å². The third-order valence-corrected chi connectivity index (χ3v) is 7.12. The van der Waals surface area contributed by atoms with Crippen molar-refractivity contribution in [1.29, 1.82) is 10.5 Å². The quantitative estimate of drug-likeness (QED) is 0.660. The first kappa shape index (κ1) is 21.9. The second-order valence-electron chi connectivity index (χ2n) is 8.37. The first-order valence-corrected chi connectivity index (χ1v) is 11.2. The first-order chi connectivity index (χ1) is 14.4. The first-order valence-electron chi connectivity index (χ1n) is 10.2. The van der Waals surface area contributed by atoms with Crippen molar-refractivity contribution < 1.29 is 4.79 Å². The number of anilines is 1. The molecule has 154 valence electrons. The maximum atomic E-state index is 12.3. The predicted octanol–water partition coefficient (Wildman–Crippen LogP) is 5.10. The van der Waals surface area contributed by atoms with Crippen molar-refractivity contribution in [3.63, 3.8) is 0 Å². The molecule has 0 spiro atoms. The van der Waals surface area contributed by atoms with Crippen LogP contribution in [0.2, 0.25) is 0 Å². The molecular formula is C24H26N4OS. The van der Waals surface area contributed by atoms with Gasteiger partial charge in [0.15, 0.2) is 0 Å². The van der Waals surface area contributed by atoms with Gasteiger partial charge < -0.3 is 5.32 Å². The number of nitriles is 2. The average molecular weight is 419 g/mol. The van der Waals surface area contributed by atoms with Crippen LogP contribution < -0.4 is 5.32 Å². The highest BCUT2D eigenvalue weighted by Gasteiger charge is 2.32. The minimum absolute atomic E-state index is 0.169. The Morgan fingerprint density at radius 2 is 2.00 bits per heavy atom. The molecule has 30 heavy (non-hydrogen) atoms. The van der Waals surface area contributed by atoms with E-state index in [1.54, 1.807) is 24.3 Å². The molecule has 1 aromatic heterocycles. The van der Waals surface area contributed by atoms with Crippen LogP contribution in [0.25, 0.3) is 0 Å². The molecule has 2 aromatic rings. The molecule has 3 rings (SSSR count). The number of amides is 1. The fourth-order valence-electron chi connectivity index (χ4n) is 3.75. The van der Waals surface area contributed by atoms with Crippen LogP contribution in [0.4, 0.5) is 5.69 Å². The van der Waals surface area contributed by atoms with Crippen LogP contribution in [0.3, 0.4) is 0 Å². The summed E-state index contributed by atoms with van der Waals surface area (Å²) in [6, 6.07) is 13.0. The van der Waals surface area contributed by atoms with Crippen molar-refractivity contribution in [2.75, 3.05) is 11.1 Å². The van der Waals surface area contributed by atoms with E-state index in [4.69, 9.17) is 10.2 Å². The van der Waals surface area contributed by atoms with Crippen LogP contribution in [-0.4, -0.2) is 16.6 Å². The highest BCUT2D eigenvalue weighted by atomic mass is 32.2. The monoisotopic (exact) mass is 418 g/mol. The lowest BCUT2D eigenvalue weighted by molar-refractivity contribution is -0.113. The number of hydrogen-bond acceptors (Lipinski definition) is 5. The molecule has 0 aliphatic heterocycles. The molecule has 6 heteroatoms. The summed E-state index contributed by atoms with van der Waals surface area (Å²) in [6.07, 6.45) is 4.12. The second kappa shape index (κ2) is 9.32. The number of pyridine rings is 1. The summed E-state index contributed by atoms with van der Waals surface area (Å²) in [6.45, 7) is 6.87. The third kappa shape index (κ3) is 5.01. The van der Waals surface area contributed by atoms with Gasteiger partial charge in [0.2, 0.25) is 5.91 Å². The van der Waals surface area contributed by atoms with Gasteiger partial charge in [0.25, 0.3) is 0 Å². The van der Waals surface area contributed by atoms with Gasteiger partial charge >= 0.3 is 0 Å². The number of fused-ring (bicyclic) bond motifs is 1. The van der Waals surface area contributed by atoms with Crippen LogP contribution in [0.5, 0.6) is 0 Å². The topological polar surface area (TPSA) is 89.6 Å². The third-order valence-electron chi connectivity index (χ3n) is 6.13. The zero-order valence-electron chi connectivity index (χ0n) is 17.7. The number of hydrogen-bond donors (Lipinski definition) is 1. The number of thioether (sulfide) groups is 1. The maximum Gasteiger partial charge on any atom is 0.234 e. The fourth-order valence-corrected chi connectivity index (χ4v) is 4.53. The Morgan fingerprint density at radius 3 is 2.63 bits per heavy atom. The van der Waals surface area contributed by atoms with Gasteiger partial charge in [0.05, 0.1) is 22.9 Å². The van der Waals surface area contributed by atoms with E-state index >= 15 is 0 Å². The van der Waals surface area contributed by atoms with E-state index in [1.165, 1.54) is 17.3 Å². The summed E-state index contributed by atoms with van der Waals surface area (Å²) in [4.78, 5) is 17.1. The minimum Gasteiger partial charge on any atom is -0.325 e.